The fourth-order valence-corrected chi connectivity index (χ4v) is 2.04. The van der Waals surface area contributed by atoms with Gasteiger partial charge in [0.15, 0.2) is 11.6 Å². The monoisotopic (exact) mass is 340 g/mol. The van der Waals surface area contributed by atoms with E-state index >= 15 is 0 Å². The van der Waals surface area contributed by atoms with Gasteiger partial charge in [-0.25, -0.2) is 4.39 Å². The molecule has 0 aliphatic rings. The molecule has 2 aromatic carbocycles. The van der Waals surface area contributed by atoms with Gasteiger partial charge in [-0.05, 0) is 35.9 Å². The third kappa shape index (κ3) is 3.71. The molecule has 3 nitrogen and oxygen atoms in total. The minimum absolute atomic E-state index is 0.0411. The van der Waals surface area contributed by atoms with E-state index in [1.54, 1.807) is 37.4 Å². The minimum atomic E-state index is -0.858. The Morgan fingerprint density at radius 3 is 2.80 bits per heavy atom. The van der Waals surface area contributed by atoms with Crippen molar-refractivity contribution in [1.29, 1.82) is 0 Å². The summed E-state index contributed by atoms with van der Waals surface area (Å²) in [5.41, 5.74) is 0.653. The summed E-state index contributed by atoms with van der Waals surface area (Å²) in [6.07, 6.45) is -0.858. The molecule has 0 heterocycles. The highest BCUT2D eigenvalue weighted by atomic mass is 79.9. The molecule has 0 aliphatic carbocycles. The third-order valence-electron chi connectivity index (χ3n) is 2.77. The minimum Gasteiger partial charge on any atom is -0.497 e. The molecular formula is C15H14BrFO3. The molecule has 0 amide bonds. The fraction of sp³-hybridized carbons (Fsp3) is 0.200. The zero-order valence-corrected chi connectivity index (χ0v) is 12.4. The normalized spacial score (nSPS) is 12.0. The molecule has 0 bridgehead atoms. The second-order valence-corrected chi connectivity index (χ2v) is 5.09. The van der Waals surface area contributed by atoms with Crippen LogP contribution in [0, 0.1) is 5.82 Å². The number of halogens is 2. The first kappa shape index (κ1) is 14.8. The van der Waals surface area contributed by atoms with Crippen molar-refractivity contribution in [2.45, 2.75) is 6.10 Å². The van der Waals surface area contributed by atoms with Crippen LogP contribution in [0.25, 0.3) is 0 Å². The van der Waals surface area contributed by atoms with E-state index in [0.29, 0.717) is 15.8 Å². The van der Waals surface area contributed by atoms with Crippen molar-refractivity contribution < 1.29 is 19.0 Å². The van der Waals surface area contributed by atoms with E-state index in [0.717, 1.165) is 0 Å². The maximum atomic E-state index is 13.5. The Morgan fingerprint density at radius 2 is 2.05 bits per heavy atom. The van der Waals surface area contributed by atoms with Crippen LogP contribution in [0.15, 0.2) is 46.9 Å². The highest BCUT2D eigenvalue weighted by molar-refractivity contribution is 9.10. The average Bonchev–Trinajstić information content (AvgIpc) is 2.48. The summed E-state index contributed by atoms with van der Waals surface area (Å²) >= 11 is 3.24. The molecule has 0 spiro atoms. The Labute approximate surface area is 125 Å². The van der Waals surface area contributed by atoms with Crippen molar-refractivity contribution in [3.05, 3.63) is 58.3 Å². The lowest BCUT2D eigenvalue weighted by Gasteiger charge is -2.14. The lowest BCUT2D eigenvalue weighted by atomic mass is 10.1. The number of rotatable bonds is 5. The van der Waals surface area contributed by atoms with Crippen LogP contribution in [0.2, 0.25) is 0 Å². The molecule has 106 valence electrons. The number of aliphatic hydroxyl groups is 1. The summed E-state index contributed by atoms with van der Waals surface area (Å²) in [6, 6.07) is 11.4. The van der Waals surface area contributed by atoms with Gasteiger partial charge in [0.05, 0.1) is 7.11 Å². The quantitative estimate of drug-likeness (QED) is 0.901. The number of aliphatic hydroxyl groups excluding tert-OH is 1. The highest BCUT2D eigenvalue weighted by Gasteiger charge is 2.11. The second kappa shape index (κ2) is 6.72. The van der Waals surface area contributed by atoms with Gasteiger partial charge in [0, 0.05) is 4.47 Å². The van der Waals surface area contributed by atoms with Crippen LogP contribution in [0.4, 0.5) is 4.39 Å². The van der Waals surface area contributed by atoms with Crippen LogP contribution in [0.3, 0.4) is 0 Å². The average molecular weight is 341 g/mol. The van der Waals surface area contributed by atoms with Crippen LogP contribution in [0.5, 0.6) is 11.5 Å². The van der Waals surface area contributed by atoms with E-state index in [-0.39, 0.29) is 12.4 Å². The summed E-state index contributed by atoms with van der Waals surface area (Å²) in [5.74, 6) is 0.280. The zero-order valence-electron chi connectivity index (χ0n) is 10.8. The highest BCUT2D eigenvalue weighted by Crippen LogP contribution is 2.24. The van der Waals surface area contributed by atoms with E-state index in [2.05, 4.69) is 15.9 Å². The van der Waals surface area contributed by atoms with Gasteiger partial charge in [-0.2, -0.15) is 0 Å². The molecule has 0 radical (unpaired) electrons. The molecule has 0 aromatic heterocycles. The van der Waals surface area contributed by atoms with E-state index in [1.807, 2.05) is 0 Å². The largest absolute Gasteiger partial charge is 0.497 e. The first-order valence-corrected chi connectivity index (χ1v) is 6.79. The Morgan fingerprint density at radius 1 is 1.25 bits per heavy atom. The molecule has 0 aliphatic heterocycles. The van der Waals surface area contributed by atoms with Gasteiger partial charge >= 0.3 is 0 Å². The van der Waals surface area contributed by atoms with Crippen LogP contribution in [-0.2, 0) is 0 Å². The molecule has 0 saturated heterocycles. The second-order valence-electron chi connectivity index (χ2n) is 4.18. The van der Waals surface area contributed by atoms with Gasteiger partial charge in [-0.3, -0.25) is 0 Å². The van der Waals surface area contributed by atoms with Crippen molar-refractivity contribution in [1.82, 2.24) is 0 Å². The van der Waals surface area contributed by atoms with E-state index in [9.17, 15) is 9.50 Å². The number of methoxy groups -OCH3 is 1. The van der Waals surface area contributed by atoms with Crippen molar-refractivity contribution in [2.24, 2.45) is 0 Å². The van der Waals surface area contributed by atoms with Gasteiger partial charge < -0.3 is 14.6 Å². The van der Waals surface area contributed by atoms with Gasteiger partial charge in [0.2, 0.25) is 0 Å². The summed E-state index contributed by atoms with van der Waals surface area (Å²) in [5, 5.41) is 10.0. The molecule has 1 N–H and O–H groups in total. The number of hydrogen-bond acceptors (Lipinski definition) is 3. The summed E-state index contributed by atoms with van der Waals surface area (Å²) in [6.45, 7) is -0.0411. The fourth-order valence-electron chi connectivity index (χ4n) is 1.70. The molecule has 1 atom stereocenters. The van der Waals surface area contributed by atoms with Crippen LogP contribution in [0.1, 0.15) is 11.7 Å². The molecule has 1 unspecified atom stereocenters. The van der Waals surface area contributed by atoms with Crippen LogP contribution >= 0.6 is 15.9 Å². The van der Waals surface area contributed by atoms with Gasteiger partial charge in [-0.15, -0.1) is 0 Å². The van der Waals surface area contributed by atoms with Gasteiger partial charge in [-0.1, -0.05) is 28.1 Å². The van der Waals surface area contributed by atoms with Crippen molar-refractivity contribution in [2.75, 3.05) is 13.7 Å². The summed E-state index contributed by atoms with van der Waals surface area (Å²) < 4.78 is 24.6. The predicted octanol–water partition coefficient (Wildman–Crippen LogP) is 3.71. The van der Waals surface area contributed by atoms with Crippen molar-refractivity contribution in [3.8, 4) is 11.5 Å². The predicted molar refractivity (Wildman–Crippen MR) is 77.5 cm³/mol. The third-order valence-corrected chi connectivity index (χ3v) is 3.26. The molecule has 2 rings (SSSR count). The Kier molecular flexibility index (Phi) is 4.98. The number of benzene rings is 2. The van der Waals surface area contributed by atoms with Gasteiger partial charge in [0.25, 0.3) is 0 Å². The van der Waals surface area contributed by atoms with Crippen molar-refractivity contribution >= 4 is 15.9 Å². The number of hydrogen-bond donors (Lipinski definition) is 1. The zero-order chi connectivity index (χ0) is 14.5. The van der Waals surface area contributed by atoms with E-state index < -0.39 is 11.9 Å². The standard InChI is InChI=1S/C15H14BrFO3/c1-19-12-4-2-3-10(7-12)14(18)9-20-15-8-11(16)5-6-13(15)17/h2-8,14,18H,9H2,1H3. The van der Waals surface area contributed by atoms with Crippen LogP contribution < -0.4 is 9.47 Å². The maximum absolute atomic E-state index is 13.5. The molecule has 20 heavy (non-hydrogen) atoms. The summed E-state index contributed by atoms with van der Waals surface area (Å²) in [7, 11) is 1.55. The Bertz CT molecular complexity index is 589. The lowest BCUT2D eigenvalue weighted by Crippen LogP contribution is -2.10. The maximum Gasteiger partial charge on any atom is 0.165 e. The van der Waals surface area contributed by atoms with E-state index in [1.165, 1.54) is 12.1 Å². The SMILES string of the molecule is COc1cccc(C(O)COc2cc(Br)ccc2F)c1. The first-order valence-electron chi connectivity index (χ1n) is 6.00. The smallest absolute Gasteiger partial charge is 0.165 e. The lowest BCUT2D eigenvalue weighted by molar-refractivity contribution is 0.105. The first-order chi connectivity index (χ1) is 9.60. The molecule has 0 fully saturated rings. The molecule has 2 aromatic rings. The Balaban J connectivity index is 2.04. The van der Waals surface area contributed by atoms with Crippen LogP contribution in [-0.4, -0.2) is 18.8 Å². The Hall–Kier alpha value is -1.59. The molecule has 5 heteroatoms. The van der Waals surface area contributed by atoms with Crippen molar-refractivity contribution in [3.63, 3.8) is 0 Å². The van der Waals surface area contributed by atoms with E-state index in [4.69, 9.17) is 9.47 Å². The van der Waals surface area contributed by atoms with Gasteiger partial charge in [0.1, 0.15) is 18.5 Å². The number of ether oxygens (including phenoxy) is 2. The topological polar surface area (TPSA) is 38.7 Å². The molecule has 0 saturated carbocycles. The summed E-state index contributed by atoms with van der Waals surface area (Å²) in [4.78, 5) is 0. The molecular weight excluding hydrogens is 327 g/mol.